The number of pyridine rings is 2. The van der Waals surface area contributed by atoms with E-state index in [4.69, 9.17) is 4.74 Å². The van der Waals surface area contributed by atoms with Gasteiger partial charge in [0.25, 0.3) is 0 Å². The number of aromatic nitrogens is 6. The van der Waals surface area contributed by atoms with Crippen molar-refractivity contribution in [2.45, 2.75) is 26.5 Å². The number of nitro groups is 1. The van der Waals surface area contributed by atoms with Gasteiger partial charge in [-0.1, -0.05) is 13.0 Å². The second-order valence-corrected chi connectivity index (χ2v) is 11.3. The maximum Gasteiger partial charge on any atom is 0.391 e. The summed E-state index contributed by atoms with van der Waals surface area (Å²) in [5.74, 6) is 0.260. The summed E-state index contributed by atoms with van der Waals surface area (Å²) in [6.07, 6.45) is 8.17. The third-order valence-electron chi connectivity index (χ3n) is 7.29. The Morgan fingerprint density at radius 2 is 1.96 bits per heavy atom. The third kappa shape index (κ3) is 8.71. The van der Waals surface area contributed by atoms with Gasteiger partial charge < -0.3 is 51.5 Å². The minimum Gasteiger partial charge on any atom is -1.00 e. The average Bonchev–Trinajstić information content (AvgIpc) is 3.35. The molecule has 2 N–H and O–H groups in total. The van der Waals surface area contributed by atoms with Gasteiger partial charge in [0.05, 0.1) is 38.0 Å². The van der Waals surface area contributed by atoms with Gasteiger partial charge in [0, 0.05) is 42.9 Å². The molecular weight excluding hydrogens is 687 g/mol. The lowest BCUT2D eigenvalue weighted by atomic mass is 10.2. The van der Waals surface area contributed by atoms with Crippen molar-refractivity contribution >= 4 is 40.0 Å². The quantitative estimate of drug-likeness (QED) is 0.0795. The minimum absolute atomic E-state index is 0. The number of fused-ring (bicyclic) bond motifs is 1. The van der Waals surface area contributed by atoms with E-state index < -0.39 is 16.6 Å². The Kier molecular flexibility index (Phi) is 11.5. The molecule has 5 rings (SSSR count). The topological polar surface area (TPSA) is 163 Å². The number of amides is 1. The van der Waals surface area contributed by atoms with Gasteiger partial charge in [0.2, 0.25) is 11.7 Å². The summed E-state index contributed by atoms with van der Waals surface area (Å²) >= 11 is 0. The zero-order chi connectivity index (χ0) is 33.6. The molecule has 4 heterocycles. The Balaban J connectivity index is 0.00000520. The van der Waals surface area contributed by atoms with Crippen molar-refractivity contribution in [1.82, 2.24) is 29.5 Å². The number of hydrogen-bond donors (Lipinski definition) is 2. The summed E-state index contributed by atoms with van der Waals surface area (Å²) in [6.45, 7) is 2.80. The average molecular weight is 722 g/mol. The first-order valence-corrected chi connectivity index (χ1v) is 14.7. The first kappa shape index (κ1) is 35.5. The van der Waals surface area contributed by atoms with Crippen LogP contribution in [0.15, 0.2) is 73.3 Å². The molecule has 0 aliphatic rings. The summed E-state index contributed by atoms with van der Waals surface area (Å²) in [5, 5.41) is 18.0. The lowest BCUT2D eigenvalue weighted by Crippen LogP contribution is -3.00. The molecule has 0 fully saturated rings. The number of halogens is 2. The van der Waals surface area contributed by atoms with Gasteiger partial charge in [0.15, 0.2) is 17.3 Å². The minimum atomic E-state index is -0.559. The van der Waals surface area contributed by atoms with Crippen molar-refractivity contribution in [3.05, 3.63) is 106 Å². The predicted molar refractivity (Wildman–Crippen MR) is 173 cm³/mol. The zero-order valence-corrected chi connectivity index (χ0v) is 28.3. The summed E-state index contributed by atoms with van der Waals surface area (Å²) in [4.78, 5) is 45.0. The number of anilines is 3. The molecule has 0 spiro atoms. The van der Waals surface area contributed by atoms with E-state index in [2.05, 4.69) is 35.6 Å². The van der Waals surface area contributed by atoms with Crippen molar-refractivity contribution in [3.8, 4) is 5.75 Å². The Labute approximate surface area is 286 Å². The molecule has 0 aliphatic carbocycles. The Bertz CT molecular complexity index is 1950. The lowest BCUT2D eigenvalue weighted by Gasteiger charge is -2.28. The highest BCUT2D eigenvalue weighted by atomic mass is 79.9. The first-order valence-electron chi connectivity index (χ1n) is 14.7. The summed E-state index contributed by atoms with van der Waals surface area (Å²) in [5.41, 5.74) is 2.15. The maximum absolute atomic E-state index is 14.8. The summed E-state index contributed by atoms with van der Waals surface area (Å²) in [7, 11) is 5.60. The van der Waals surface area contributed by atoms with Gasteiger partial charge in [-0.3, -0.25) is 9.78 Å². The molecule has 16 heteroatoms. The molecule has 0 atom stereocenters. The molecule has 0 saturated heterocycles. The van der Waals surface area contributed by atoms with E-state index in [0.717, 1.165) is 0 Å². The van der Waals surface area contributed by atoms with Crippen molar-refractivity contribution in [2.75, 3.05) is 31.3 Å². The monoisotopic (exact) mass is 720 g/mol. The van der Waals surface area contributed by atoms with Gasteiger partial charge >= 0.3 is 5.82 Å². The lowest BCUT2D eigenvalue weighted by molar-refractivity contribution is -0.898. The van der Waals surface area contributed by atoms with Crippen LogP contribution in [0.4, 0.5) is 27.5 Å². The van der Waals surface area contributed by atoms with E-state index >= 15 is 0 Å². The molecule has 0 aliphatic heterocycles. The molecule has 1 aromatic carbocycles. The van der Waals surface area contributed by atoms with Crippen LogP contribution in [-0.2, 0) is 31.4 Å². The fourth-order valence-corrected chi connectivity index (χ4v) is 4.88. The highest BCUT2D eigenvalue weighted by molar-refractivity contribution is 6.00. The van der Waals surface area contributed by atoms with Crippen molar-refractivity contribution in [3.63, 3.8) is 0 Å². The summed E-state index contributed by atoms with van der Waals surface area (Å²) < 4.78 is 22.5. The highest BCUT2D eigenvalue weighted by Crippen LogP contribution is 2.28. The van der Waals surface area contributed by atoms with Crippen LogP contribution in [-0.4, -0.2) is 65.4 Å². The molecule has 48 heavy (non-hydrogen) atoms. The van der Waals surface area contributed by atoms with Crippen molar-refractivity contribution < 1.29 is 40.3 Å². The number of likely N-dealkylation sites (N-methyl/N-ethyl adjacent to an activating group) is 1. The second kappa shape index (κ2) is 15.5. The Morgan fingerprint density at radius 1 is 1.15 bits per heavy atom. The van der Waals surface area contributed by atoms with Gasteiger partial charge in [-0.2, -0.15) is 0 Å². The molecule has 250 valence electrons. The van der Waals surface area contributed by atoms with E-state index in [-0.39, 0.29) is 41.0 Å². The molecule has 0 bridgehead atoms. The Hall–Kier alpha value is -5.35. The molecule has 1 amide bonds. The number of aryl methyl sites for hydroxylation is 1. The van der Waals surface area contributed by atoms with Crippen LogP contribution in [0, 0.1) is 15.9 Å². The Morgan fingerprint density at radius 3 is 2.67 bits per heavy atom. The smallest absolute Gasteiger partial charge is 0.391 e. The number of nitrogens with zero attached hydrogens (tertiary/aromatic N) is 8. The van der Waals surface area contributed by atoms with Gasteiger partial charge in [-0.05, 0) is 46.3 Å². The third-order valence-corrected chi connectivity index (χ3v) is 7.29. The van der Waals surface area contributed by atoms with E-state index in [0.29, 0.717) is 63.6 Å². The molecule has 4 aromatic heterocycles. The van der Waals surface area contributed by atoms with Gasteiger partial charge in [0.1, 0.15) is 31.1 Å². The molecule has 5 aromatic rings. The number of ether oxygens (including phenoxy) is 1. The number of quaternary nitrogens is 1. The predicted octanol–water partition coefficient (Wildman–Crippen LogP) is 1.86. The van der Waals surface area contributed by atoms with Crippen LogP contribution in [0.25, 0.3) is 10.9 Å². The van der Waals surface area contributed by atoms with Crippen LogP contribution in [0.2, 0.25) is 0 Å². The molecule has 0 saturated carbocycles. The van der Waals surface area contributed by atoms with E-state index in [9.17, 15) is 19.3 Å². The standard InChI is InChI=1S/C32H33FN10O4.BrH/c1-5-29-40-32(42(45)46)26(41(29)2)18-43(3,4)14-8-10-30(44)39-28-16-23-25(17-35-28)36-20-37-31(23)38-21-11-12-27(24(33)15-21)47-19-22-9-6-7-13-34-22;/h6-13,15-17,20H,5,14,18-19H2,1-4H3,(H-,35,36,37,38,39,44);1H/b10-8+;. The highest BCUT2D eigenvalue weighted by Gasteiger charge is 2.30. The number of carbonyl (C=O) groups excluding carboxylic acids is 1. The van der Waals surface area contributed by atoms with E-state index in [1.54, 1.807) is 48.2 Å². The van der Waals surface area contributed by atoms with Crippen LogP contribution < -0.4 is 32.4 Å². The number of nitrogens with one attached hydrogen (secondary N) is 2. The maximum atomic E-state index is 14.8. The van der Waals surface area contributed by atoms with Gasteiger partial charge in [-0.25, -0.2) is 19.3 Å². The molecule has 14 nitrogen and oxygen atoms in total. The fourth-order valence-electron chi connectivity index (χ4n) is 4.88. The van der Waals surface area contributed by atoms with E-state index in [1.165, 1.54) is 30.7 Å². The number of hydrogen-bond acceptors (Lipinski definition) is 10. The molecular formula is C32H34BrFN10O4. The first-order chi connectivity index (χ1) is 22.5. The second-order valence-electron chi connectivity index (χ2n) is 11.3. The van der Waals surface area contributed by atoms with Gasteiger partial charge in [-0.15, -0.1) is 0 Å². The van der Waals surface area contributed by atoms with Crippen molar-refractivity contribution in [1.29, 1.82) is 0 Å². The summed E-state index contributed by atoms with van der Waals surface area (Å²) in [6, 6.07) is 11.5. The number of imidazole rings is 1. The zero-order valence-electron chi connectivity index (χ0n) is 26.7. The largest absolute Gasteiger partial charge is 1.00 e. The van der Waals surface area contributed by atoms with Crippen LogP contribution in [0.3, 0.4) is 0 Å². The number of benzene rings is 1. The van der Waals surface area contributed by atoms with E-state index in [1.807, 2.05) is 27.1 Å². The number of carbonyl (C=O) groups is 1. The normalized spacial score (nSPS) is 11.4. The van der Waals surface area contributed by atoms with Crippen LogP contribution in [0.1, 0.15) is 24.1 Å². The SMILES string of the molecule is CCc1nc([N+](=O)[O-])c(C[N+](C)(C)C/C=C/C(=O)Nc2cc3c(Nc4ccc(OCc5ccccn5)c(F)c4)ncnc3cn2)n1C.[Br-]. The number of rotatable bonds is 13. The molecule has 0 unspecified atom stereocenters. The van der Waals surface area contributed by atoms with Crippen LogP contribution >= 0.6 is 0 Å². The van der Waals surface area contributed by atoms with Crippen LogP contribution in [0.5, 0.6) is 5.75 Å². The van der Waals surface area contributed by atoms with Crippen molar-refractivity contribution in [2.24, 2.45) is 7.05 Å². The fraction of sp³-hybridized carbons (Fsp3) is 0.250. The molecule has 0 radical (unpaired) electrons.